The molecule has 7 atom stereocenters. The van der Waals surface area contributed by atoms with Gasteiger partial charge in [0.1, 0.15) is 17.3 Å². The van der Waals surface area contributed by atoms with E-state index in [1.807, 2.05) is 126 Å². The van der Waals surface area contributed by atoms with Crippen LogP contribution >= 0.6 is 28.3 Å². The Morgan fingerprint density at radius 1 is 0.589 bits per heavy atom. The molecular formula is C79H111BBrClF3N9NaO12. The second-order valence-corrected chi connectivity index (χ2v) is 25.4. The zero-order valence-electron chi connectivity index (χ0n) is 62.9. The number of carbonyl (C=O) groups is 3. The van der Waals surface area contributed by atoms with Crippen LogP contribution in [0.3, 0.4) is 0 Å². The van der Waals surface area contributed by atoms with Gasteiger partial charge < -0.3 is 58.7 Å². The molecule has 0 spiro atoms. The molecule has 7 rings (SSSR count). The number of nitrogen functional groups attached to an aromatic ring is 1. The van der Waals surface area contributed by atoms with E-state index in [0.29, 0.717) is 46.4 Å². The first-order chi connectivity index (χ1) is 48.3. The number of esters is 1. The van der Waals surface area contributed by atoms with Gasteiger partial charge in [-0.25, -0.2) is 10.9 Å². The molecule has 15 N–H and O–H groups in total. The Morgan fingerprint density at radius 3 is 1.09 bits per heavy atom. The summed E-state index contributed by atoms with van der Waals surface area (Å²) in [5.41, 5.74) is 21.3. The number of Topliss-reactive ketones (excluding diaryl/α,β-unsaturated/α-hetero) is 1. The van der Waals surface area contributed by atoms with Crippen LogP contribution in [-0.4, -0.2) is 136 Å². The van der Waals surface area contributed by atoms with Crippen molar-refractivity contribution in [3.63, 3.8) is 0 Å². The van der Waals surface area contributed by atoms with Crippen LogP contribution in [0.4, 0.5) is 13.2 Å². The number of ether oxygens (including phenoxy) is 1. The summed E-state index contributed by atoms with van der Waals surface area (Å²) >= 11 is 3.09. The monoisotopic (exact) mass is 1580 g/mol. The molecule has 1 heterocycles. The van der Waals surface area contributed by atoms with Gasteiger partial charge in [0.15, 0.2) is 5.84 Å². The summed E-state index contributed by atoms with van der Waals surface area (Å²) < 4.78 is 42.9. The first-order valence-corrected chi connectivity index (χ1v) is 33.2. The number of benzene rings is 6. The molecule has 0 aliphatic carbocycles. The van der Waals surface area contributed by atoms with Crippen LogP contribution in [0.25, 0.3) is 0 Å². The number of nitrogens with two attached hydrogens (primary N) is 3. The largest absolute Gasteiger partial charge is 1.00 e. The van der Waals surface area contributed by atoms with Crippen molar-refractivity contribution in [2.24, 2.45) is 63.0 Å². The van der Waals surface area contributed by atoms with Crippen molar-refractivity contribution >= 4 is 71.9 Å². The Hall–Kier alpha value is -8.11. The molecule has 1 aliphatic rings. The number of carbonyl (C=O) groups excluding carboxylic acids is 2. The average Bonchev–Trinajstić information content (AvgIpc) is 1.67. The van der Waals surface area contributed by atoms with Crippen molar-refractivity contribution in [2.45, 2.75) is 133 Å². The van der Waals surface area contributed by atoms with Gasteiger partial charge in [0, 0.05) is 59.5 Å². The Kier molecular flexibility index (Phi) is 67.1. The third-order valence-corrected chi connectivity index (χ3v) is 15.4. The van der Waals surface area contributed by atoms with Gasteiger partial charge in [-0.05, 0) is 164 Å². The van der Waals surface area contributed by atoms with Gasteiger partial charge >= 0.3 is 47.7 Å². The van der Waals surface area contributed by atoms with Gasteiger partial charge in [-0.3, -0.25) is 19.8 Å². The number of ketones is 1. The standard InChI is InChI=1S/C16H18F3NO.C12H13NO2.C11H16N2O2.C11H16N2O.C11H11NO2.C11H13NO.C4H7BrO.CH4O.2CH4.B.ClH.H3NO.Na.H/c1-10(9-21)7-12-3-5-13(6-4-12)14-8-11(2)15(20-14)16(17,18)19;1-9(12(14)15-2)7-10-3-5-11(8-13)6-4-10;1-8(7-14)6-9-2-4-10(5-3-9)11(12)13-15;1-8(7-14)6-9-2-4-10(5-3-9)11(12)13;1-8(11(13)14)6-9-2-4-10(7-12)5-3-9;1-9(8-13)6-10-2-4-11(7-12)5-3-10;1-3(5)4(2)6;1-2;;;;;1-2;;/h3-6,10,21H,7-9H2,1-2H3;3-6,9H,7H2,1-2H3;2-5,8,14-15H,6-7H2,1H3,(H2,12,13);2-5,8,14H,6-7H2,1H3,(H3,12,13);2-5,8H,6H2,1H3,(H,13,14);2-5,9,13H,6,8H2,1H3;3H,1-2H3;2H,1H3;2*1H4;;1H;2H,1H2;;/q;;;;;;;;;;;;;+1;-1/t10-;9-;3*8-;9-;;;;;;;;;/m000000........./s1. The van der Waals surface area contributed by atoms with Crippen LogP contribution in [0.2, 0.25) is 0 Å². The van der Waals surface area contributed by atoms with Gasteiger partial charge in [-0.15, -0.1) is 12.4 Å². The molecule has 6 aromatic carbocycles. The fourth-order valence-corrected chi connectivity index (χ4v) is 8.69. The minimum Gasteiger partial charge on any atom is -1.00 e. The topological polar surface area (TPSA) is 420 Å². The fraction of sp³-hybridized carbons (Fsp3) is 0.405. The molecule has 1 unspecified atom stereocenters. The summed E-state index contributed by atoms with van der Waals surface area (Å²) in [6, 6.07) is 50.2. The number of alkyl halides is 4. The third-order valence-electron chi connectivity index (χ3n) is 14.8. The van der Waals surface area contributed by atoms with Crippen molar-refractivity contribution < 1.29 is 104 Å². The first-order valence-electron chi connectivity index (χ1n) is 32.3. The normalized spacial score (nSPS) is 12.4. The first kappa shape index (κ1) is 112. The number of allylic oxidation sites excluding steroid dienone is 2. The quantitative estimate of drug-likeness (QED) is 0.00571. The van der Waals surface area contributed by atoms with E-state index >= 15 is 0 Å². The molecule has 107 heavy (non-hydrogen) atoms. The molecule has 28 heteroatoms. The molecule has 0 aromatic heterocycles. The number of nitrogens with one attached hydrogen (secondary N) is 1. The number of amidine groups is 2. The number of aliphatic carboxylic acids is 1. The summed E-state index contributed by atoms with van der Waals surface area (Å²) in [4.78, 5) is 35.6. The number of hydrogen-bond acceptors (Lipinski definition) is 18. The second kappa shape index (κ2) is 63.9. The van der Waals surface area contributed by atoms with Gasteiger partial charge in [-0.2, -0.15) is 29.0 Å². The maximum atomic E-state index is 12.8. The van der Waals surface area contributed by atoms with Gasteiger partial charge in [0.2, 0.25) is 0 Å². The van der Waals surface area contributed by atoms with Crippen molar-refractivity contribution in [1.82, 2.24) is 0 Å². The van der Waals surface area contributed by atoms with Gasteiger partial charge in [-0.1, -0.05) is 187 Å². The van der Waals surface area contributed by atoms with E-state index in [1.54, 1.807) is 86.6 Å². The predicted octanol–water partition coefficient (Wildman–Crippen LogP) is 10.2. The molecule has 0 bridgehead atoms. The molecule has 0 saturated heterocycles. The maximum absolute atomic E-state index is 12.8. The van der Waals surface area contributed by atoms with Crippen LogP contribution in [0.1, 0.15) is 152 Å². The Labute approximate surface area is 671 Å². The molecule has 3 radical (unpaired) electrons. The minimum atomic E-state index is -4.39. The molecule has 6 aromatic rings. The summed E-state index contributed by atoms with van der Waals surface area (Å²) in [7, 11) is 2.39. The van der Waals surface area contributed by atoms with E-state index in [2.05, 4.69) is 42.8 Å². The number of oxime groups is 1. The van der Waals surface area contributed by atoms with Crippen LogP contribution in [0.5, 0.6) is 0 Å². The number of aliphatic imine (C=N–C) groups is 1. The summed E-state index contributed by atoms with van der Waals surface area (Å²) in [6.45, 7) is 17.0. The van der Waals surface area contributed by atoms with E-state index in [9.17, 15) is 27.6 Å². The van der Waals surface area contributed by atoms with Crippen LogP contribution in [0.15, 0.2) is 167 Å². The fourth-order valence-electron chi connectivity index (χ4n) is 8.69. The van der Waals surface area contributed by atoms with E-state index in [0.717, 1.165) is 66.2 Å². The molecule has 21 nitrogen and oxygen atoms in total. The molecule has 1 aliphatic heterocycles. The number of methoxy groups -OCH3 is 1. The molecule has 583 valence electrons. The number of halogens is 5. The molecule has 0 saturated carbocycles. The van der Waals surface area contributed by atoms with Crippen molar-refractivity contribution in [1.29, 1.82) is 21.2 Å². The molecule has 0 amide bonds. The summed E-state index contributed by atoms with van der Waals surface area (Å²) in [6.07, 6.45) is 0.279. The second-order valence-electron chi connectivity index (χ2n) is 24.0. The zero-order valence-corrected chi connectivity index (χ0v) is 66.3. The Balaban J connectivity index is -0.000000180. The third kappa shape index (κ3) is 48.7. The van der Waals surface area contributed by atoms with Gasteiger partial charge in [0.25, 0.3) is 0 Å². The SMILES string of the molecule is C.C.CC(=O)C(C)Br.CC1=C(C(F)(F)F)N=C(c2ccc(C[C@H](C)CO)cc2)C1.CO.COC(=O)[C@@H](C)Cc1ccc(C#N)cc1.C[C@@H](Cc1ccc(C#N)cc1)C(=O)O.C[C@H](CO)Cc1ccc(C#N)cc1.C[C@H](CO)Cc1ccc(C(=N)N)cc1.C[C@H](CO)Cc1ccc(C(N)=NO)cc1.Cl.NO.[B].[H-].[Na+]. The number of aliphatic hydroxyl groups excluding tert-OH is 5. The van der Waals surface area contributed by atoms with E-state index in [1.165, 1.54) is 19.6 Å². The number of nitriles is 3. The van der Waals surface area contributed by atoms with Crippen molar-refractivity contribution in [2.75, 3.05) is 40.6 Å². The van der Waals surface area contributed by atoms with Gasteiger partial charge in [0.05, 0.1) is 64.4 Å². The number of nitrogens with zero attached hydrogens (tertiary/aromatic N) is 5. The Morgan fingerprint density at radius 2 is 0.860 bits per heavy atom. The minimum absolute atomic E-state index is 0. The smallest absolute Gasteiger partial charge is 1.00 e. The van der Waals surface area contributed by atoms with Crippen LogP contribution < -0.4 is 46.9 Å². The van der Waals surface area contributed by atoms with E-state index in [-0.39, 0.29) is 169 Å². The van der Waals surface area contributed by atoms with Crippen molar-refractivity contribution in [3.05, 3.63) is 224 Å². The zero-order chi connectivity index (χ0) is 78.1. The maximum Gasteiger partial charge on any atom is 1.00 e. The predicted molar refractivity (Wildman–Crippen MR) is 422 cm³/mol. The summed E-state index contributed by atoms with van der Waals surface area (Å²) in [5, 5.41) is 102. The number of aliphatic hydroxyl groups is 5. The summed E-state index contributed by atoms with van der Waals surface area (Å²) in [5.74, 6) is 3.31. The van der Waals surface area contributed by atoms with E-state index < -0.39 is 17.8 Å². The van der Waals surface area contributed by atoms with E-state index in [4.69, 9.17) is 73.7 Å². The number of carboxylic acids is 1. The number of hydrogen-bond donors (Lipinski definition) is 12. The average molecular weight is 1580 g/mol. The molecular weight excluding hydrogens is 1470 g/mol. The molecule has 0 fully saturated rings. The van der Waals surface area contributed by atoms with Crippen LogP contribution in [-0.2, 0) is 57.6 Å². The van der Waals surface area contributed by atoms with Crippen LogP contribution in [0, 0.1) is 74.9 Å². The Bertz CT molecular complexity index is 3650. The van der Waals surface area contributed by atoms with Crippen molar-refractivity contribution in [3.8, 4) is 18.2 Å². The number of rotatable bonds is 22. The number of carboxylic acid groups (broad SMARTS) is 1.